The fraction of sp³-hybridized carbons (Fsp3) is 0.857. The maximum atomic E-state index is 12.6. The molecule has 5 nitrogen and oxygen atoms in total. The van der Waals surface area contributed by atoms with Crippen molar-refractivity contribution in [2.45, 2.75) is 40.7 Å². The van der Waals surface area contributed by atoms with Gasteiger partial charge in [0, 0.05) is 6.54 Å². The smallest absolute Gasteiger partial charge is 0.319 e. The summed E-state index contributed by atoms with van der Waals surface area (Å²) >= 11 is 0. The number of hydrogen-bond donors (Lipinski definition) is 0. The van der Waals surface area contributed by atoms with Crippen LogP contribution in [0.15, 0.2) is 0 Å². The van der Waals surface area contributed by atoms with Crippen molar-refractivity contribution >= 4 is 11.9 Å². The highest BCUT2D eigenvalue weighted by molar-refractivity contribution is 5.98. The topological polar surface area (TPSA) is 55.8 Å². The summed E-state index contributed by atoms with van der Waals surface area (Å²) in [6.45, 7) is 11.2. The summed E-state index contributed by atoms with van der Waals surface area (Å²) in [5.41, 5.74) is -0.457. The average Bonchev–Trinajstić information content (AvgIpc) is 2.27. The van der Waals surface area contributed by atoms with E-state index in [1.807, 2.05) is 27.7 Å². The number of esters is 1. The van der Waals surface area contributed by atoms with Gasteiger partial charge in [-0.25, -0.2) is 0 Å². The van der Waals surface area contributed by atoms with Crippen LogP contribution in [0.1, 0.15) is 34.6 Å². The van der Waals surface area contributed by atoms with E-state index in [9.17, 15) is 9.59 Å². The summed E-state index contributed by atoms with van der Waals surface area (Å²) in [6.07, 6.45) is 0. The van der Waals surface area contributed by atoms with Gasteiger partial charge >= 0.3 is 5.97 Å². The molecule has 0 spiro atoms. The first-order valence-electron chi connectivity index (χ1n) is 6.84. The van der Waals surface area contributed by atoms with Crippen LogP contribution in [0.2, 0.25) is 0 Å². The first-order chi connectivity index (χ1) is 8.79. The molecule has 0 aromatic heterocycles. The van der Waals surface area contributed by atoms with E-state index in [2.05, 4.69) is 0 Å². The third kappa shape index (κ3) is 3.93. The van der Waals surface area contributed by atoms with Crippen molar-refractivity contribution in [1.29, 1.82) is 0 Å². The molecule has 0 radical (unpaired) electrons. The highest BCUT2D eigenvalue weighted by atomic mass is 16.5. The third-order valence-electron chi connectivity index (χ3n) is 3.29. The number of carbonyl (C=O) groups excluding carboxylic acids is 2. The molecule has 0 aromatic carbocycles. The van der Waals surface area contributed by atoms with E-state index in [1.54, 1.807) is 11.8 Å². The Morgan fingerprint density at radius 3 is 2.53 bits per heavy atom. The monoisotopic (exact) mass is 271 g/mol. The van der Waals surface area contributed by atoms with Gasteiger partial charge in [-0.1, -0.05) is 20.8 Å². The Bertz CT molecular complexity index is 335. The molecule has 1 rings (SSSR count). The number of ether oxygens (including phenoxy) is 2. The lowest BCUT2D eigenvalue weighted by Crippen LogP contribution is -2.53. The van der Waals surface area contributed by atoms with Crippen molar-refractivity contribution in [1.82, 2.24) is 4.90 Å². The molecular formula is C14H25NO4. The molecule has 1 fully saturated rings. The Balaban J connectivity index is 2.91. The minimum absolute atomic E-state index is 0.000488. The Kier molecular flexibility index (Phi) is 5.35. The highest BCUT2D eigenvalue weighted by Crippen LogP contribution is 2.30. The van der Waals surface area contributed by atoms with Gasteiger partial charge in [0.15, 0.2) is 0 Å². The van der Waals surface area contributed by atoms with Crippen LogP contribution in [0.25, 0.3) is 0 Å². The first-order valence-corrected chi connectivity index (χ1v) is 6.84. The van der Waals surface area contributed by atoms with Crippen LogP contribution in [-0.2, 0) is 19.1 Å². The zero-order valence-electron chi connectivity index (χ0n) is 12.6. The number of rotatable bonds is 3. The van der Waals surface area contributed by atoms with Crippen molar-refractivity contribution in [3.63, 3.8) is 0 Å². The molecule has 5 heteroatoms. The fourth-order valence-corrected chi connectivity index (χ4v) is 2.27. The van der Waals surface area contributed by atoms with Gasteiger partial charge < -0.3 is 14.4 Å². The molecule has 0 N–H and O–H groups in total. The zero-order valence-corrected chi connectivity index (χ0v) is 12.6. The lowest BCUT2D eigenvalue weighted by molar-refractivity contribution is -0.164. The molecule has 19 heavy (non-hydrogen) atoms. The van der Waals surface area contributed by atoms with Crippen molar-refractivity contribution in [3.8, 4) is 0 Å². The standard InChI is InChI=1S/C14H25NO4/c1-6-19-13(17)11(14(3,4)5)12(16)15-7-8-18-9-10(15)2/h10-11H,6-9H2,1-5H3. The maximum Gasteiger partial charge on any atom is 0.319 e. The largest absolute Gasteiger partial charge is 0.465 e. The zero-order chi connectivity index (χ0) is 14.6. The molecule has 2 unspecified atom stereocenters. The van der Waals surface area contributed by atoms with Gasteiger partial charge in [-0.2, -0.15) is 0 Å². The molecule has 110 valence electrons. The number of amides is 1. The summed E-state index contributed by atoms with van der Waals surface area (Å²) < 4.78 is 10.4. The van der Waals surface area contributed by atoms with Gasteiger partial charge in [-0.15, -0.1) is 0 Å². The molecule has 0 aliphatic carbocycles. The van der Waals surface area contributed by atoms with Gasteiger partial charge in [0.2, 0.25) is 5.91 Å². The van der Waals surface area contributed by atoms with Gasteiger partial charge in [-0.3, -0.25) is 9.59 Å². The van der Waals surface area contributed by atoms with E-state index in [0.29, 0.717) is 19.8 Å². The van der Waals surface area contributed by atoms with E-state index in [1.165, 1.54) is 0 Å². The van der Waals surface area contributed by atoms with Crippen LogP contribution in [-0.4, -0.2) is 49.2 Å². The van der Waals surface area contributed by atoms with Gasteiger partial charge in [0.25, 0.3) is 0 Å². The predicted octanol–water partition coefficient (Wildman–Crippen LogP) is 1.46. The average molecular weight is 271 g/mol. The van der Waals surface area contributed by atoms with Gasteiger partial charge in [0.1, 0.15) is 5.92 Å². The number of nitrogens with zero attached hydrogens (tertiary/aromatic N) is 1. The molecule has 1 aliphatic heterocycles. The van der Waals surface area contributed by atoms with E-state index in [-0.39, 0.29) is 18.6 Å². The lowest BCUT2D eigenvalue weighted by Gasteiger charge is -2.38. The van der Waals surface area contributed by atoms with E-state index in [4.69, 9.17) is 9.47 Å². The van der Waals surface area contributed by atoms with Crippen molar-refractivity contribution < 1.29 is 19.1 Å². The van der Waals surface area contributed by atoms with Crippen LogP contribution in [0.3, 0.4) is 0 Å². The molecule has 1 aliphatic rings. The Labute approximate surface area is 115 Å². The maximum absolute atomic E-state index is 12.6. The fourth-order valence-electron chi connectivity index (χ4n) is 2.27. The minimum Gasteiger partial charge on any atom is -0.465 e. The van der Waals surface area contributed by atoms with Crippen LogP contribution < -0.4 is 0 Å². The Morgan fingerprint density at radius 2 is 2.05 bits per heavy atom. The minimum atomic E-state index is -0.756. The van der Waals surface area contributed by atoms with Crippen molar-refractivity contribution in [2.24, 2.45) is 11.3 Å². The van der Waals surface area contributed by atoms with Crippen LogP contribution >= 0.6 is 0 Å². The molecule has 0 aromatic rings. The molecule has 2 atom stereocenters. The Morgan fingerprint density at radius 1 is 1.42 bits per heavy atom. The molecule has 1 saturated heterocycles. The predicted molar refractivity (Wildman–Crippen MR) is 71.6 cm³/mol. The summed E-state index contributed by atoms with van der Waals surface area (Å²) in [5, 5.41) is 0. The second-order valence-corrected chi connectivity index (χ2v) is 6.01. The van der Waals surface area contributed by atoms with E-state index >= 15 is 0 Å². The van der Waals surface area contributed by atoms with Gasteiger partial charge in [-0.05, 0) is 19.3 Å². The second kappa shape index (κ2) is 6.37. The normalized spacial score (nSPS) is 21.9. The third-order valence-corrected chi connectivity index (χ3v) is 3.29. The van der Waals surface area contributed by atoms with Crippen molar-refractivity contribution in [2.75, 3.05) is 26.4 Å². The van der Waals surface area contributed by atoms with Gasteiger partial charge in [0.05, 0.1) is 25.9 Å². The molecule has 0 bridgehead atoms. The molecule has 0 saturated carbocycles. The number of hydrogen-bond acceptors (Lipinski definition) is 4. The molecule has 1 amide bonds. The SMILES string of the molecule is CCOC(=O)C(C(=O)N1CCOCC1C)C(C)(C)C. The Hall–Kier alpha value is -1.10. The van der Waals surface area contributed by atoms with Crippen molar-refractivity contribution in [3.05, 3.63) is 0 Å². The van der Waals surface area contributed by atoms with Crippen LogP contribution in [0.5, 0.6) is 0 Å². The molecular weight excluding hydrogens is 246 g/mol. The summed E-state index contributed by atoms with van der Waals surface area (Å²) in [5.74, 6) is -1.34. The second-order valence-electron chi connectivity index (χ2n) is 6.01. The lowest BCUT2D eigenvalue weighted by atomic mass is 9.79. The summed E-state index contributed by atoms with van der Waals surface area (Å²) in [4.78, 5) is 26.5. The summed E-state index contributed by atoms with van der Waals surface area (Å²) in [6, 6.07) is 0.000488. The highest BCUT2D eigenvalue weighted by Gasteiger charge is 2.42. The first kappa shape index (κ1) is 16.0. The van der Waals surface area contributed by atoms with E-state index in [0.717, 1.165) is 0 Å². The van der Waals surface area contributed by atoms with Crippen LogP contribution in [0.4, 0.5) is 0 Å². The number of carbonyl (C=O) groups is 2. The summed E-state index contributed by atoms with van der Waals surface area (Å²) in [7, 11) is 0. The van der Waals surface area contributed by atoms with Crippen LogP contribution in [0, 0.1) is 11.3 Å². The van der Waals surface area contributed by atoms with E-state index < -0.39 is 17.3 Å². The molecule has 1 heterocycles. The number of morpholine rings is 1. The quantitative estimate of drug-likeness (QED) is 0.576.